The van der Waals surface area contributed by atoms with Gasteiger partial charge in [-0.25, -0.2) is 0 Å². The normalized spacial score (nSPS) is 10.2. The van der Waals surface area contributed by atoms with Gasteiger partial charge >= 0.3 is 0 Å². The molecule has 1 aromatic rings. The molecule has 0 saturated carbocycles. The Morgan fingerprint density at radius 1 is 1.18 bits per heavy atom. The highest BCUT2D eigenvalue weighted by Gasteiger charge is 1.95. The van der Waals surface area contributed by atoms with E-state index in [0.717, 1.165) is 50.4 Å². The fourth-order valence-corrected chi connectivity index (χ4v) is 1.55. The first-order chi connectivity index (χ1) is 8.36. The molecular formula is C15H22O2. The van der Waals surface area contributed by atoms with Gasteiger partial charge in [0, 0.05) is 13.2 Å². The monoisotopic (exact) mass is 234 g/mol. The Balaban J connectivity index is 2.11. The van der Waals surface area contributed by atoms with Crippen LogP contribution in [0.5, 0.6) is 5.75 Å². The summed E-state index contributed by atoms with van der Waals surface area (Å²) in [6, 6.07) is 7.99. The maximum Gasteiger partial charge on any atom is 0.119 e. The number of hydrogen-bond acceptors (Lipinski definition) is 2. The van der Waals surface area contributed by atoms with Crippen molar-refractivity contribution in [3.63, 3.8) is 0 Å². The van der Waals surface area contributed by atoms with Gasteiger partial charge in [-0.2, -0.15) is 0 Å². The maximum atomic E-state index is 5.67. The third-order valence-corrected chi connectivity index (χ3v) is 2.50. The lowest BCUT2D eigenvalue weighted by Gasteiger charge is -2.06. The van der Waals surface area contributed by atoms with E-state index >= 15 is 0 Å². The lowest BCUT2D eigenvalue weighted by atomic mass is 10.2. The van der Waals surface area contributed by atoms with Gasteiger partial charge in [0.1, 0.15) is 5.75 Å². The lowest BCUT2D eigenvalue weighted by Crippen LogP contribution is -1.99. The summed E-state index contributed by atoms with van der Waals surface area (Å²) < 4.78 is 10.9. The minimum Gasteiger partial charge on any atom is -0.494 e. The third kappa shape index (κ3) is 6.12. The van der Waals surface area contributed by atoms with Crippen molar-refractivity contribution in [2.24, 2.45) is 0 Å². The summed E-state index contributed by atoms with van der Waals surface area (Å²) >= 11 is 0. The largest absolute Gasteiger partial charge is 0.494 e. The standard InChI is InChI=1S/C15H22O2/c1-3-14-9-8-10-15(13-14)17-12-7-5-6-11-16-4-2/h3,8-10,13H,1,4-7,11-12H2,2H3. The highest BCUT2D eigenvalue weighted by Crippen LogP contribution is 2.14. The van der Waals surface area contributed by atoms with Crippen molar-refractivity contribution in [1.29, 1.82) is 0 Å². The van der Waals surface area contributed by atoms with Crippen molar-refractivity contribution in [2.75, 3.05) is 19.8 Å². The molecule has 2 heteroatoms. The first-order valence-corrected chi connectivity index (χ1v) is 6.30. The average molecular weight is 234 g/mol. The Labute approximate surface area is 104 Å². The van der Waals surface area contributed by atoms with Gasteiger partial charge in [-0.3, -0.25) is 0 Å². The molecule has 0 unspecified atom stereocenters. The molecule has 0 amide bonds. The van der Waals surface area contributed by atoms with Gasteiger partial charge in [-0.05, 0) is 43.9 Å². The molecular weight excluding hydrogens is 212 g/mol. The molecule has 0 aliphatic rings. The number of hydrogen-bond donors (Lipinski definition) is 0. The summed E-state index contributed by atoms with van der Waals surface area (Å²) in [5.74, 6) is 0.923. The molecule has 0 spiro atoms. The zero-order chi connectivity index (χ0) is 12.3. The predicted octanol–water partition coefficient (Wildman–Crippen LogP) is 3.92. The van der Waals surface area contributed by atoms with Crippen molar-refractivity contribution in [2.45, 2.75) is 26.2 Å². The van der Waals surface area contributed by atoms with Crippen LogP contribution in [0.3, 0.4) is 0 Å². The van der Waals surface area contributed by atoms with Crippen LogP contribution in [-0.2, 0) is 4.74 Å². The summed E-state index contributed by atoms with van der Waals surface area (Å²) in [7, 11) is 0. The number of rotatable bonds is 9. The van der Waals surface area contributed by atoms with Crippen LogP contribution < -0.4 is 4.74 Å². The fourth-order valence-electron chi connectivity index (χ4n) is 1.55. The van der Waals surface area contributed by atoms with E-state index in [4.69, 9.17) is 9.47 Å². The smallest absolute Gasteiger partial charge is 0.119 e. The van der Waals surface area contributed by atoms with E-state index in [1.165, 1.54) is 0 Å². The number of ether oxygens (including phenoxy) is 2. The molecule has 0 bridgehead atoms. The van der Waals surface area contributed by atoms with Crippen LogP contribution in [0.1, 0.15) is 31.7 Å². The van der Waals surface area contributed by atoms with E-state index in [2.05, 4.69) is 6.58 Å². The van der Waals surface area contributed by atoms with Gasteiger partial charge in [0.05, 0.1) is 6.61 Å². The molecule has 94 valence electrons. The van der Waals surface area contributed by atoms with E-state index in [9.17, 15) is 0 Å². The second-order valence-corrected chi connectivity index (χ2v) is 3.88. The molecule has 17 heavy (non-hydrogen) atoms. The number of benzene rings is 1. The van der Waals surface area contributed by atoms with Crippen molar-refractivity contribution in [1.82, 2.24) is 0 Å². The lowest BCUT2D eigenvalue weighted by molar-refractivity contribution is 0.141. The van der Waals surface area contributed by atoms with E-state index in [1.807, 2.05) is 37.3 Å². The Morgan fingerprint density at radius 2 is 2.00 bits per heavy atom. The topological polar surface area (TPSA) is 18.5 Å². The molecule has 1 aromatic carbocycles. The summed E-state index contributed by atoms with van der Waals surface area (Å²) in [6.45, 7) is 8.21. The van der Waals surface area contributed by atoms with E-state index in [1.54, 1.807) is 0 Å². The Bertz CT molecular complexity index is 320. The summed E-state index contributed by atoms with van der Waals surface area (Å²) in [6.07, 6.45) is 5.17. The van der Waals surface area contributed by atoms with Crippen LogP contribution in [0, 0.1) is 0 Å². The Kier molecular flexibility index (Phi) is 7.15. The minimum atomic E-state index is 0.771. The van der Waals surface area contributed by atoms with Crippen LogP contribution in [0.2, 0.25) is 0 Å². The second kappa shape index (κ2) is 8.82. The van der Waals surface area contributed by atoms with Gasteiger partial charge in [0.2, 0.25) is 0 Å². The van der Waals surface area contributed by atoms with Crippen molar-refractivity contribution in [3.05, 3.63) is 36.4 Å². The van der Waals surface area contributed by atoms with Crippen molar-refractivity contribution >= 4 is 6.08 Å². The average Bonchev–Trinajstić information content (AvgIpc) is 2.38. The summed E-state index contributed by atoms with van der Waals surface area (Å²) in [5, 5.41) is 0. The van der Waals surface area contributed by atoms with Gasteiger partial charge in [0.15, 0.2) is 0 Å². The zero-order valence-electron chi connectivity index (χ0n) is 10.7. The molecule has 0 saturated heterocycles. The predicted molar refractivity (Wildman–Crippen MR) is 72.4 cm³/mol. The van der Waals surface area contributed by atoms with Crippen LogP contribution in [0.25, 0.3) is 6.08 Å². The quantitative estimate of drug-likeness (QED) is 0.603. The van der Waals surface area contributed by atoms with E-state index in [0.29, 0.717) is 0 Å². The van der Waals surface area contributed by atoms with E-state index < -0.39 is 0 Å². The Morgan fingerprint density at radius 3 is 2.76 bits per heavy atom. The molecule has 0 aliphatic carbocycles. The molecule has 0 fully saturated rings. The highest BCUT2D eigenvalue weighted by molar-refractivity contribution is 5.49. The molecule has 1 rings (SSSR count). The van der Waals surface area contributed by atoms with Gasteiger partial charge < -0.3 is 9.47 Å². The molecule has 2 nitrogen and oxygen atoms in total. The van der Waals surface area contributed by atoms with Crippen LogP contribution in [0.15, 0.2) is 30.8 Å². The van der Waals surface area contributed by atoms with Gasteiger partial charge in [0.25, 0.3) is 0 Å². The van der Waals surface area contributed by atoms with Crippen molar-refractivity contribution in [3.8, 4) is 5.75 Å². The third-order valence-electron chi connectivity index (χ3n) is 2.50. The second-order valence-electron chi connectivity index (χ2n) is 3.88. The Hall–Kier alpha value is -1.28. The SMILES string of the molecule is C=Cc1cccc(OCCCCCOCC)c1. The summed E-state index contributed by atoms with van der Waals surface area (Å²) in [4.78, 5) is 0. The van der Waals surface area contributed by atoms with Gasteiger partial charge in [-0.1, -0.05) is 24.8 Å². The van der Waals surface area contributed by atoms with E-state index in [-0.39, 0.29) is 0 Å². The molecule has 0 N–H and O–H groups in total. The molecule has 0 heterocycles. The van der Waals surface area contributed by atoms with Crippen molar-refractivity contribution < 1.29 is 9.47 Å². The highest BCUT2D eigenvalue weighted by atomic mass is 16.5. The van der Waals surface area contributed by atoms with Crippen LogP contribution in [0.4, 0.5) is 0 Å². The summed E-state index contributed by atoms with van der Waals surface area (Å²) in [5.41, 5.74) is 1.10. The fraction of sp³-hybridized carbons (Fsp3) is 0.467. The van der Waals surface area contributed by atoms with Gasteiger partial charge in [-0.15, -0.1) is 0 Å². The molecule has 0 atom stereocenters. The zero-order valence-corrected chi connectivity index (χ0v) is 10.7. The maximum absolute atomic E-state index is 5.67. The first-order valence-electron chi connectivity index (χ1n) is 6.30. The van der Waals surface area contributed by atoms with Crippen LogP contribution in [-0.4, -0.2) is 19.8 Å². The minimum absolute atomic E-state index is 0.771. The molecule has 0 aliphatic heterocycles. The number of unbranched alkanes of at least 4 members (excludes halogenated alkanes) is 2. The molecule has 0 radical (unpaired) electrons. The van der Waals surface area contributed by atoms with Crippen LogP contribution >= 0.6 is 0 Å². The molecule has 0 aromatic heterocycles. The first kappa shape index (κ1) is 13.8.